The second-order valence-corrected chi connectivity index (χ2v) is 15.0. The van der Waals surface area contributed by atoms with Gasteiger partial charge in [0.1, 0.15) is 11.6 Å². The molecule has 2 saturated heterocycles. The maximum atomic E-state index is 14.1. The molecule has 3 heterocycles. The fraction of sp³-hybridized carbons (Fsp3) is 0.438. The van der Waals surface area contributed by atoms with E-state index in [-0.39, 0.29) is 23.5 Å². The lowest BCUT2D eigenvalue weighted by atomic mass is 9.81. The monoisotopic (exact) mass is 688 g/mol. The van der Waals surface area contributed by atoms with Crippen LogP contribution in [0, 0.1) is 12.7 Å². The Morgan fingerprint density at radius 2 is 1.53 bits per heavy atom. The molecule has 3 aromatic rings. The van der Waals surface area contributed by atoms with Crippen LogP contribution in [0.1, 0.15) is 36.1 Å². The van der Waals surface area contributed by atoms with Gasteiger partial charge in [0.25, 0.3) is 0 Å². The lowest BCUT2D eigenvalue weighted by Gasteiger charge is -2.50. The molecule has 2 fully saturated rings. The summed E-state index contributed by atoms with van der Waals surface area (Å²) >= 11 is 0. The van der Waals surface area contributed by atoms with Crippen molar-refractivity contribution in [3.63, 3.8) is 0 Å². The summed E-state index contributed by atoms with van der Waals surface area (Å²) < 4.78 is 117. The molecule has 47 heavy (non-hydrogen) atoms. The Balaban J connectivity index is 1.55. The van der Waals surface area contributed by atoms with Crippen molar-refractivity contribution >= 4 is 28.0 Å². The predicted octanol–water partition coefficient (Wildman–Crippen LogP) is 7.43. The first kappa shape index (κ1) is 34.9. The van der Waals surface area contributed by atoms with Gasteiger partial charge in [0.15, 0.2) is 0 Å². The van der Waals surface area contributed by atoms with E-state index in [1.54, 1.807) is 13.0 Å². The van der Waals surface area contributed by atoms with E-state index in [0.717, 1.165) is 4.90 Å². The number of likely N-dealkylation sites (N-methyl/N-ethyl adjacent to an activating group) is 1. The van der Waals surface area contributed by atoms with Gasteiger partial charge >= 0.3 is 12.4 Å². The number of aromatic nitrogens is 1. The number of alkyl halides is 6. The summed E-state index contributed by atoms with van der Waals surface area (Å²) in [5.74, 6) is -0.253. The number of aryl methyl sites for hydroxylation is 1. The van der Waals surface area contributed by atoms with Crippen LogP contribution in [0.2, 0.25) is 0 Å². The van der Waals surface area contributed by atoms with Gasteiger partial charge in [0.2, 0.25) is 5.91 Å². The largest absolute Gasteiger partial charge is 0.416 e. The van der Waals surface area contributed by atoms with E-state index in [4.69, 9.17) is 0 Å². The van der Waals surface area contributed by atoms with Crippen LogP contribution in [0.25, 0.3) is 11.1 Å². The van der Waals surface area contributed by atoms with Gasteiger partial charge in [-0.3, -0.25) is 18.8 Å². The highest BCUT2D eigenvalue weighted by Gasteiger charge is 2.42. The minimum absolute atomic E-state index is 0.0152. The van der Waals surface area contributed by atoms with Gasteiger partial charge in [-0.25, -0.2) is 9.37 Å². The molecule has 1 aromatic heterocycles. The molecule has 1 unspecified atom stereocenters. The van der Waals surface area contributed by atoms with Crippen LogP contribution in [0.3, 0.4) is 0 Å². The molecule has 0 bridgehead atoms. The molecular weight excluding hydrogens is 653 g/mol. The first-order valence-corrected chi connectivity index (χ1v) is 16.6. The average Bonchev–Trinajstić information content (AvgIpc) is 2.98. The summed E-state index contributed by atoms with van der Waals surface area (Å²) in [6.45, 7) is 6.40. The number of hydrogen-bond acceptors (Lipinski definition) is 6. The molecule has 1 amide bonds. The van der Waals surface area contributed by atoms with Crippen LogP contribution in [-0.4, -0.2) is 75.7 Å². The molecule has 7 nitrogen and oxygen atoms in total. The molecule has 0 radical (unpaired) electrons. The van der Waals surface area contributed by atoms with Gasteiger partial charge in [0, 0.05) is 44.8 Å². The third-order valence-electron chi connectivity index (χ3n) is 8.95. The van der Waals surface area contributed by atoms with Crippen molar-refractivity contribution in [1.29, 1.82) is 0 Å². The Kier molecular flexibility index (Phi) is 9.10. The van der Waals surface area contributed by atoms with Gasteiger partial charge in [-0.15, -0.1) is 0 Å². The Bertz CT molecular complexity index is 1650. The maximum absolute atomic E-state index is 14.1. The third kappa shape index (κ3) is 7.22. The number of anilines is 2. The van der Waals surface area contributed by atoms with E-state index in [1.165, 1.54) is 45.3 Å². The SMILES string of the molecule is Cc1cc(F)ccc1-c1cc(N2CCN3CCS(O)(O)CC3C2)ncc1N(C)C(=O)C(C)(C)c1cc(C(F)(F)F)cc(C(F)(F)F)c1. The van der Waals surface area contributed by atoms with Gasteiger partial charge in [-0.05, 0) is 73.9 Å². The Hall–Kier alpha value is -3.40. The summed E-state index contributed by atoms with van der Waals surface area (Å²) in [5.41, 5.74) is -3.70. The summed E-state index contributed by atoms with van der Waals surface area (Å²) in [5, 5.41) is 0. The number of carbonyl (C=O) groups excluding carboxylic acids is 1. The zero-order valence-electron chi connectivity index (χ0n) is 26.1. The lowest BCUT2D eigenvalue weighted by Crippen LogP contribution is -2.58. The summed E-state index contributed by atoms with van der Waals surface area (Å²) in [6.07, 6.45) is -8.78. The molecular formula is C32H35F7N4O3S. The van der Waals surface area contributed by atoms with Crippen molar-refractivity contribution in [2.75, 3.05) is 54.5 Å². The second-order valence-electron chi connectivity index (χ2n) is 12.6. The van der Waals surface area contributed by atoms with E-state index in [9.17, 15) is 44.6 Å². The van der Waals surface area contributed by atoms with Crippen molar-refractivity contribution in [1.82, 2.24) is 9.88 Å². The highest BCUT2D eigenvalue weighted by atomic mass is 32.3. The zero-order valence-corrected chi connectivity index (χ0v) is 26.9. The maximum Gasteiger partial charge on any atom is 0.416 e. The van der Waals surface area contributed by atoms with Crippen molar-refractivity contribution in [3.8, 4) is 11.1 Å². The Labute approximate surface area is 269 Å². The fourth-order valence-corrected chi connectivity index (χ4v) is 7.82. The molecule has 15 heteroatoms. The number of carbonyl (C=O) groups is 1. The number of hydrogen-bond donors (Lipinski definition) is 2. The quantitative estimate of drug-likeness (QED) is 0.272. The van der Waals surface area contributed by atoms with E-state index in [1.807, 2.05) is 4.90 Å². The van der Waals surface area contributed by atoms with Crippen molar-refractivity contribution in [2.24, 2.45) is 0 Å². The highest BCUT2D eigenvalue weighted by Crippen LogP contribution is 2.45. The van der Waals surface area contributed by atoms with Gasteiger partial charge in [-0.1, -0.05) is 6.07 Å². The first-order chi connectivity index (χ1) is 21.7. The van der Waals surface area contributed by atoms with Crippen LogP contribution in [0.4, 0.5) is 42.2 Å². The molecule has 2 N–H and O–H groups in total. The number of halogens is 7. The molecule has 256 valence electrons. The van der Waals surface area contributed by atoms with E-state index >= 15 is 0 Å². The molecule has 5 rings (SSSR count). The van der Waals surface area contributed by atoms with Gasteiger partial charge in [0.05, 0.1) is 39.9 Å². The zero-order chi connectivity index (χ0) is 34.7. The number of amides is 1. The summed E-state index contributed by atoms with van der Waals surface area (Å²) in [6, 6.07) is 6.76. The van der Waals surface area contributed by atoms with Gasteiger partial charge in [-0.2, -0.15) is 36.9 Å². The molecule has 0 saturated carbocycles. The Morgan fingerprint density at radius 3 is 2.13 bits per heavy atom. The standard InChI is InChI=1S/C32H35F7N4O3S/c1-19-11-23(33)5-6-25(19)26-15-28(43-8-7-42-9-10-47(45,46)18-24(42)17-43)40-16-27(26)41(4)29(44)30(2,3)20-12-21(31(34,35)36)14-22(13-20)32(37,38)39/h5-6,11-16,24,45-46H,7-10,17-18H2,1-4H3. The van der Waals surface area contributed by atoms with Crippen LogP contribution < -0.4 is 9.80 Å². The molecule has 2 aromatic carbocycles. The summed E-state index contributed by atoms with van der Waals surface area (Å²) in [4.78, 5) is 23.9. The lowest BCUT2D eigenvalue weighted by molar-refractivity contribution is -0.143. The minimum atomic E-state index is -5.09. The molecule has 2 aliphatic rings. The van der Waals surface area contributed by atoms with Gasteiger partial charge < -0.3 is 9.80 Å². The number of fused-ring (bicyclic) bond motifs is 1. The van der Waals surface area contributed by atoms with Crippen molar-refractivity contribution in [3.05, 3.63) is 76.7 Å². The smallest absolute Gasteiger partial charge is 0.354 e. The molecule has 0 spiro atoms. The average molecular weight is 689 g/mol. The highest BCUT2D eigenvalue weighted by molar-refractivity contribution is 8.24. The van der Waals surface area contributed by atoms with Crippen molar-refractivity contribution in [2.45, 2.75) is 44.6 Å². The Morgan fingerprint density at radius 1 is 0.915 bits per heavy atom. The molecule has 1 atom stereocenters. The second kappa shape index (κ2) is 12.2. The number of pyridine rings is 1. The van der Waals surface area contributed by atoms with Crippen LogP contribution >= 0.6 is 10.6 Å². The van der Waals surface area contributed by atoms with Crippen molar-refractivity contribution < 1.29 is 44.6 Å². The third-order valence-corrected chi connectivity index (χ3v) is 10.7. The molecule has 2 aliphatic heterocycles. The van der Waals surface area contributed by atoms with Crippen LogP contribution in [0.5, 0.6) is 0 Å². The number of rotatable bonds is 5. The topological polar surface area (TPSA) is 80.1 Å². The fourth-order valence-electron chi connectivity index (χ4n) is 6.20. The van der Waals surface area contributed by atoms with E-state index < -0.39 is 56.8 Å². The van der Waals surface area contributed by atoms with Crippen LogP contribution in [-0.2, 0) is 22.6 Å². The first-order valence-electron chi connectivity index (χ1n) is 14.7. The number of benzene rings is 2. The minimum Gasteiger partial charge on any atom is -0.354 e. The number of piperazine rings is 1. The van der Waals surface area contributed by atoms with E-state index in [0.29, 0.717) is 66.6 Å². The normalized spacial score (nSPS) is 19.7. The molecule has 0 aliphatic carbocycles. The predicted molar refractivity (Wildman–Crippen MR) is 167 cm³/mol. The summed E-state index contributed by atoms with van der Waals surface area (Å²) in [7, 11) is -1.34. The number of nitrogens with zero attached hydrogens (tertiary/aromatic N) is 4. The van der Waals surface area contributed by atoms with E-state index in [2.05, 4.69) is 9.88 Å². The van der Waals surface area contributed by atoms with Crippen LogP contribution in [0.15, 0.2) is 48.7 Å².